The summed E-state index contributed by atoms with van der Waals surface area (Å²) in [4.78, 5) is 0. The molecule has 0 radical (unpaired) electrons. The van der Waals surface area contributed by atoms with Crippen LogP contribution in [-0.2, 0) is 0 Å². The van der Waals surface area contributed by atoms with Crippen molar-refractivity contribution in [1.82, 2.24) is 0 Å². The van der Waals surface area contributed by atoms with Gasteiger partial charge in [0.15, 0.2) is 0 Å². The number of amidine groups is 1. The number of ether oxygens (including phenoxy) is 1. The average Bonchev–Trinajstić information content (AvgIpc) is 2.31. The Morgan fingerprint density at radius 2 is 2.35 bits per heavy atom. The summed E-state index contributed by atoms with van der Waals surface area (Å²) in [6.45, 7) is 1.86. The second kappa shape index (κ2) is 5.93. The molecular formula is C11H16FN3O2. The van der Waals surface area contributed by atoms with Gasteiger partial charge in [-0.1, -0.05) is 5.16 Å². The van der Waals surface area contributed by atoms with Crippen molar-refractivity contribution in [3.8, 4) is 5.75 Å². The van der Waals surface area contributed by atoms with E-state index in [-0.39, 0.29) is 17.7 Å². The minimum absolute atomic E-state index is 0.0646. The quantitative estimate of drug-likeness (QED) is 0.317. The molecule has 0 spiro atoms. The Morgan fingerprint density at radius 1 is 1.65 bits per heavy atom. The molecule has 0 amide bonds. The summed E-state index contributed by atoms with van der Waals surface area (Å²) in [7, 11) is 1.47. The number of hydrogen-bond donors (Lipinski definition) is 3. The highest BCUT2D eigenvalue weighted by Gasteiger charge is 2.09. The van der Waals surface area contributed by atoms with Crippen molar-refractivity contribution in [3.05, 3.63) is 24.0 Å². The second-order valence-electron chi connectivity index (χ2n) is 3.69. The number of anilines is 1. The van der Waals surface area contributed by atoms with E-state index in [1.165, 1.54) is 19.2 Å². The van der Waals surface area contributed by atoms with Crippen LogP contribution < -0.4 is 15.8 Å². The van der Waals surface area contributed by atoms with Crippen LogP contribution in [0.15, 0.2) is 23.4 Å². The summed E-state index contributed by atoms with van der Waals surface area (Å²) in [6, 6.07) is 4.14. The zero-order chi connectivity index (χ0) is 12.8. The molecule has 0 saturated carbocycles. The highest BCUT2D eigenvalue weighted by molar-refractivity contribution is 5.80. The molecule has 6 heteroatoms. The van der Waals surface area contributed by atoms with Gasteiger partial charge < -0.3 is 21.0 Å². The molecular weight excluding hydrogens is 225 g/mol. The maximum atomic E-state index is 13.0. The Bertz CT molecular complexity index is 410. The molecule has 0 aliphatic carbocycles. The molecule has 1 aromatic carbocycles. The number of nitrogens with one attached hydrogen (secondary N) is 1. The van der Waals surface area contributed by atoms with Crippen LogP contribution >= 0.6 is 0 Å². The summed E-state index contributed by atoms with van der Waals surface area (Å²) in [5.41, 5.74) is 6.05. The topological polar surface area (TPSA) is 79.9 Å². The Labute approximate surface area is 99.1 Å². The number of methoxy groups -OCH3 is 1. The molecule has 1 rings (SSSR count). The Kier molecular flexibility index (Phi) is 4.56. The van der Waals surface area contributed by atoms with Gasteiger partial charge in [-0.25, -0.2) is 4.39 Å². The van der Waals surface area contributed by atoms with Crippen LogP contribution in [0.1, 0.15) is 13.3 Å². The molecule has 0 fully saturated rings. The standard InChI is InChI=1S/C11H16FN3O2/c1-7(5-11(13)15-16)14-9-4-3-8(12)6-10(9)17-2/h3-4,6-7,14,16H,5H2,1-2H3,(H2,13,15). The van der Waals surface area contributed by atoms with E-state index in [2.05, 4.69) is 10.5 Å². The summed E-state index contributed by atoms with van der Waals surface area (Å²) in [5.74, 6) is 0.180. The van der Waals surface area contributed by atoms with Crippen LogP contribution in [0.5, 0.6) is 5.75 Å². The zero-order valence-electron chi connectivity index (χ0n) is 9.77. The third-order valence-corrected chi connectivity index (χ3v) is 2.21. The van der Waals surface area contributed by atoms with Crippen LogP contribution in [0.2, 0.25) is 0 Å². The van der Waals surface area contributed by atoms with Gasteiger partial charge in [-0.3, -0.25) is 0 Å². The van der Waals surface area contributed by atoms with Gasteiger partial charge in [0, 0.05) is 18.5 Å². The van der Waals surface area contributed by atoms with Crippen molar-refractivity contribution in [3.63, 3.8) is 0 Å². The van der Waals surface area contributed by atoms with Gasteiger partial charge in [0.2, 0.25) is 0 Å². The largest absolute Gasteiger partial charge is 0.494 e. The van der Waals surface area contributed by atoms with Crippen molar-refractivity contribution in [2.24, 2.45) is 10.9 Å². The predicted molar refractivity (Wildman–Crippen MR) is 64.1 cm³/mol. The van der Waals surface area contributed by atoms with Gasteiger partial charge in [0.25, 0.3) is 0 Å². The molecule has 5 nitrogen and oxygen atoms in total. The monoisotopic (exact) mass is 241 g/mol. The summed E-state index contributed by atoms with van der Waals surface area (Å²) in [5, 5.41) is 14.4. The van der Waals surface area contributed by atoms with Crippen molar-refractivity contribution in [1.29, 1.82) is 0 Å². The van der Waals surface area contributed by atoms with Crippen molar-refractivity contribution < 1.29 is 14.3 Å². The zero-order valence-corrected chi connectivity index (χ0v) is 9.77. The molecule has 0 aliphatic heterocycles. The third-order valence-electron chi connectivity index (χ3n) is 2.21. The lowest BCUT2D eigenvalue weighted by Crippen LogP contribution is -2.24. The van der Waals surface area contributed by atoms with Crippen molar-refractivity contribution >= 4 is 11.5 Å². The molecule has 0 aromatic heterocycles. The summed E-state index contributed by atoms with van der Waals surface area (Å²) >= 11 is 0. The fourth-order valence-corrected chi connectivity index (χ4v) is 1.46. The number of benzene rings is 1. The van der Waals surface area contributed by atoms with Crippen molar-refractivity contribution in [2.45, 2.75) is 19.4 Å². The lowest BCUT2D eigenvalue weighted by Gasteiger charge is -2.16. The Morgan fingerprint density at radius 3 is 2.94 bits per heavy atom. The van der Waals surface area contributed by atoms with Crippen molar-refractivity contribution in [2.75, 3.05) is 12.4 Å². The second-order valence-corrected chi connectivity index (χ2v) is 3.69. The van der Waals surface area contributed by atoms with E-state index in [9.17, 15) is 4.39 Å². The van der Waals surface area contributed by atoms with Gasteiger partial charge in [0.1, 0.15) is 17.4 Å². The summed E-state index contributed by atoms with van der Waals surface area (Å²) in [6.07, 6.45) is 0.372. The molecule has 1 atom stereocenters. The maximum absolute atomic E-state index is 13.0. The third kappa shape index (κ3) is 3.82. The molecule has 0 bridgehead atoms. The molecule has 0 heterocycles. The van der Waals surface area contributed by atoms with Crippen LogP contribution in [0.3, 0.4) is 0 Å². The van der Waals surface area contributed by atoms with Gasteiger partial charge in [0.05, 0.1) is 12.8 Å². The Hall–Kier alpha value is -1.98. The number of nitrogens with two attached hydrogens (primary N) is 1. The smallest absolute Gasteiger partial charge is 0.144 e. The molecule has 4 N–H and O–H groups in total. The minimum Gasteiger partial charge on any atom is -0.494 e. The minimum atomic E-state index is -0.364. The lowest BCUT2D eigenvalue weighted by molar-refractivity contribution is 0.316. The first-order valence-corrected chi connectivity index (χ1v) is 5.13. The highest BCUT2D eigenvalue weighted by Crippen LogP contribution is 2.25. The van der Waals surface area contributed by atoms with Gasteiger partial charge >= 0.3 is 0 Å². The van der Waals surface area contributed by atoms with Crippen LogP contribution in [0.4, 0.5) is 10.1 Å². The first-order valence-electron chi connectivity index (χ1n) is 5.13. The lowest BCUT2D eigenvalue weighted by atomic mass is 10.2. The molecule has 17 heavy (non-hydrogen) atoms. The first kappa shape index (κ1) is 13.1. The van der Waals surface area contributed by atoms with E-state index in [1.54, 1.807) is 6.07 Å². The van der Waals surface area contributed by atoms with Gasteiger partial charge in [-0.15, -0.1) is 0 Å². The maximum Gasteiger partial charge on any atom is 0.144 e. The van der Waals surface area contributed by atoms with E-state index >= 15 is 0 Å². The number of oxime groups is 1. The number of hydrogen-bond acceptors (Lipinski definition) is 4. The predicted octanol–water partition coefficient (Wildman–Crippen LogP) is 1.77. The average molecular weight is 241 g/mol. The van der Waals surface area contributed by atoms with E-state index in [0.29, 0.717) is 17.9 Å². The van der Waals surface area contributed by atoms with E-state index < -0.39 is 0 Å². The van der Waals surface area contributed by atoms with Crippen LogP contribution in [0.25, 0.3) is 0 Å². The van der Waals surface area contributed by atoms with E-state index in [1.807, 2.05) is 6.92 Å². The fraction of sp³-hybridized carbons (Fsp3) is 0.364. The number of halogens is 1. The normalized spacial score (nSPS) is 13.2. The van der Waals surface area contributed by atoms with E-state index in [0.717, 1.165) is 0 Å². The number of nitrogens with zero attached hydrogens (tertiary/aromatic N) is 1. The molecule has 1 unspecified atom stereocenters. The molecule has 0 saturated heterocycles. The van der Waals surface area contributed by atoms with Gasteiger partial charge in [-0.2, -0.15) is 0 Å². The molecule has 94 valence electrons. The summed E-state index contributed by atoms with van der Waals surface area (Å²) < 4.78 is 18.0. The van der Waals surface area contributed by atoms with Crippen LogP contribution in [0, 0.1) is 5.82 Å². The highest BCUT2D eigenvalue weighted by atomic mass is 19.1. The molecule has 1 aromatic rings. The van der Waals surface area contributed by atoms with Crippen LogP contribution in [-0.4, -0.2) is 24.2 Å². The first-order chi connectivity index (χ1) is 8.06. The fourth-order valence-electron chi connectivity index (χ4n) is 1.46. The SMILES string of the molecule is COc1cc(F)ccc1NC(C)C/C(N)=N/O. The van der Waals surface area contributed by atoms with Gasteiger partial charge in [-0.05, 0) is 19.1 Å². The number of rotatable bonds is 5. The van der Waals surface area contributed by atoms with E-state index in [4.69, 9.17) is 15.7 Å². The Balaban J connectivity index is 2.74. The molecule has 0 aliphatic rings.